The molecule has 1 aromatic rings. The Morgan fingerprint density at radius 2 is 1.81 bits per heavy atom. The number of carbonyl (C=O) groups is 2. The smallest absolute Gasteiger partial charge is 0.317 e. The maximum absolute atomic E-state index is 12.0. The van der Waals surface area contributed by atoms with Crippen LogP contribution in [0.4, 0.5) is 4.79 Å². The number of amides is 2. The van der Waals surface area contributed by atoms with Gasteiger partial charge in [-0.25, -0.2) is 4.79 Å². The van der Waals surface area contributed by atoms with Crippen LogP contribution in [-0.4, -0.2) is 35.6 Å². The quantitative estimate of drug-likeness (QED) is 0.847. The van der Waals surface area contributed by atoms with Crippen molar-refractivity contribution in [2.45, 2.75) is 33.2 Å². The number of carboxylic acid groups (broad SMARTS) is 1. The van der Waals surface area contributed by atoms with Gasteiger partial charge in [-0.2, -0.15) is 0 Å². The first-order valence-corrected chi connectivity index (χ1v) is 7.18. The summed E-state index contributed by atoms with van der Waals surface area (Å²) in [6.07, 6.45) is 0.983. The van der Waals surface area contributed by atoms with Gasteiger partial charge in [0, 0.05) is 13.6 Å². The third-order valence-electron chi connectivity index (χ3n) is 3.54. The number of rotatable bonds is 6. The number of nitrogens with one attached hydrogen (secondary N) is 1. The molecule has 2 amide bonds. The fraction of sp³-hybridized carbons (Fsp3) is 0.500. The Morgan fingerprint density at radius 1 is 1.24 bits per heavy atom. The third-order valence-corrected chi connectivity index (χ3v) is 3.54. The SMILES string of the molecule is CCc1ccc(C(C)NC(=O)N(C)CC(C)C(=O)O)cc1. The summed E-state index contributed by atoms with van der Waals surface area (Å²) < 4.78 is 0. The highest BCUT2D eigenvalue weighted by molar-refractivity contribution is 5.76. The van der Waals surface area contributed by atoms with Crippen LogP contribution < -0.4 is 5.32 Å². The summed E-state index contributed by atoms with van der Waals surface area (Å²) in [6.45, 7) is 5.77. The number of carboxylic acids is 1. The number of nitrogens with zero attached hydrogens (tertiary/aromatic N) is 1. The molecule has 0 aliphatic heterocycles. The molecule has 0 saturated carbocycles. The molecule has 2 N–H and O–H groups in total. The summed E-state index contributed by atoms with van der Waals surface area (Å²) in [4.78, 5) is 24.2. The zero-order chi connectivity index (χ0) is 16.0. The van der Waals surface area contributed by atoms with Crippen LogP contribution in [0.2, 0.25) is 0 Å². The summed E-state index contributed by atoms with van der Waals surface area (Å²) in [7, 11) is 1.60. The average Bonchev–Trinajstić information content (AvgIpc) is 2.46. The lowest BCUT2D eigenvalue weighted by Gasteiger charge is -2.23. The van der Waals surface area contributed by atoms with E-state index in [4.69, 9.17) is 5.11 Å². The van der Waals surface area contributed by atoms with Gasteiger partial charge in [0.2, 0.25) is 0 Å². The Bertz CT molecular complexity index is 485. The van der Waals surface area contributed by atoms with Crippen molar-refractivity contribution in [3.63, 3.8) is 0 Å². The standard InChI is InChI=1S/C16H24N2O3/c1-5-13-6-8-14(9-7-13)12(3)17-16(21)18(4)10-11(2)15(19)20/h6-9,11-12H,5,10H2,1-4H3,(H,17,21)(H,19,20). The van der Waals surface area contributed by atoms with Gasteiger partial charge in [0.1, 0.15) is 0 Å². The van der Waals surface area contributed by atoms with Crippen molar-refractivity contribution in [1.82, 2.24) is 10.2 Å². The van der Waals surface area contributed by atoms with Crippen molar-refractivity contribution in [1.29, 1.82) is 0 Å². The zero-order valence-electron chi connectivity index (χ0n) is 13.1. The minimum Gasteiger partial charge on any atom is -0.481 e. The van der Waals surface area contributed by atoms with E-state index in [1.807, 2.05) is 31.2 Å². The number of hydrogen-bond donors (Lipinski definition) is 2. The van der Waals surface area contributed by atoms with E-state index >= 15 is 0 Å². The highest BCUT2D eigenvalue weighted by Crippen LogP contribution is 2.14. The molecule has 0 bridgehead atoms. The van der Waals surface area contributed by atoms with Crippen LogP contribution in [0.1, 0.15) is 37.9 Å². The first-order valence-electron chi connectivity index (χ1n) is 7.18. The number of urea groups is 1. The number of aryl methyl sites for hydroxylation is 1. The molecule has 5 nitrogen and oxygen atoms in total. The first kappa shape index (κ1) is 17.0. The van der Waals surface area contributed by atoms with E-state index < -0.39 is 11.9 Å². The molecule has 0 aliphatic rings. The Labute approximate surface area is 126 Å². The van der Waals surface area contributed by atoms with Crippen LogP contribution >= 0.6 is 0 Å². The topological polar surface area (TPSA) is 69.6 Å². The van der Waals surface area contributed by atoms with E-state index in [-0.39, 0.29) is 18.6 Å². The van der Waals surface area contributed by atoms with Crippen LogP contribution in [0.3, 0.4) is 0 Å². The molecule has 1 rings (SSSR count). The molecule has 0 spiro atoms. The third kappa shape index (κ3) is 5.10. The van der Waals surface area contributed by atoms with E-state index in [0.29, 0.717) is 0 Å². The largest absolute Gasteiger partial charge is 0.481 e. The van der Waals surface area contributed by atoms with Crippen molar-refractivity contribution >= 4 is 12.0 Å². The Balaban J connectivity index is 2.58. The lowest BCUT2D eigenvalue weighted by molar-refractivity contribution is -0.141. The summed E-state index contributed by atoms with van der Waals surface area (Å²) in [6, 6.07) is 7.72. The summed E-state index contributed by atoms with van der Waals surface area (Å²) >= 11 is 0. The monoisotopic (exact) mass is 292 g/mol. The van der Waals surface area contributed by atoms with E-state index in [2.05, 4.69) is 12.2 Å². The molecule has 0 fully saturated rings. The van der Waals surface area contributed by atoms with Crippen molar-refractivity contribution in [2.24, 2.45) is 5.92 Å². The average molecular weight is 292 g/mol. The summed E-state index contributed by atoms with van der Waals surface area (Å²) in [5.41, 5.74) is 2.28. The molecule has 21 heavy (non-hydrogen) atoms. The Morgan fingerprint density at radius 3 is 2.29 bits per heavy atom. The molecule has 116 valence electrons. The predicted octanol–water partition coefficient (Wildman–Crippen LogP) is 2.67. The van der Waals surface area contributed by atoms with E-state index in [0.717, 1.165) is 12.0 Å². The molecule has 0 saturated heterocycles. The van der Waals surface area contributed by atoms with Crippen LogP contribution in [0.5, 0.6) is 0 Å². The van der Waals surface area contributed by atoms with Crippen molar-refractivity contribution in [3.05, 3.63) is 35.4 Å². The van der Waals surface area contributed by atoms with Crippen LogP contribution in [0.15, 0.2) is 24.3 Å². The molecule has 0 radical (unpaired) electrons. The van der Waals surface area contributed by atoms with Crippen LogP contribution in [0.25, 0.3) is 0 Å². The van der Waals surface area contributed by atoms with Gasteiger partial charge in [-0.15, -0.1) is 0 Å². The van der Waals surface area contributed by atoms with Crippen molar-refractivity contribution < 1.29 is 14.7 Å². The number of carbonyl (C=O) groups excluding carboxylic acids is 1. The van der Waals surface area contributed by atoms with Gasteiger partial charge in [0.05, 0.1) is 12.0 Å². The van der Waals surface area contributed by atoms with Crippen LogP contribution in [0, 0.1) is 5.92 Å². The fourth-order valence-corrected chi connectivity index (χ4v) is 1.99. The molecule has 0 aromatic heterocycles. The molecular weight excluding hydrogens is 268 g/mol. The Hall–Kier alpha value is -2.04. The zero-order valence-corrected chi connectivity index (χ0v) is 13.1. The predicted molar refractivity (Wildman–Crippen MR) is 82.2 cm³/mol. The molecule has 2 unspecified atom stereocenters. The minimum atomic E-state index is -0.905. The van der Waals surface area contributed by atoms with E-state index in [9.17, 15) is 9.59 Å². The van der Waals surface area contributed by atoms with Gasteiger partial charge in [-0.3, -0.25) is 4.79 Å². The highest BCUT2D eigenvalue weighted by atomic mass is 16.4. The molecule has 5 heteroatoms. The minimum absolute atomic E-state index is 0.119. The second-order valence-corrected chi connectivity index (χ2v) is 5.39. The molecule has 0 aliphatic carbocycles. The van der Waals surface area contributed by atoms with Gasteiger partial charge in [-0.1, -0.05) is 38.1 Å². The van der Waals surface area contributed by atoms with E-state index in [1.54, 1.807) is 14.0 Å². The van der Waals surface area contributed by atoms with Gasteiger partial charge in [0.15, 0.2) is 0 Å². The maximum atomic E-state index is 12.0. The van der Waals surface area contributed by atoms with Gasteiger partial charge >= 0.3 is 12.0 Å². The van der Waals surface area contributed by atoms with Crippen molar-refractivity contribution in [2.75, 3.05) is 13.6 Å². The second kappa shape index (κ2) is 7.67. The molecular formula is C16H24N2O3. The highest BCUT2D eigenvalue weighted by Gasteiger charge is 2.18. The van der Waals surface area contributed by atoms with Gasteiger partial charge in [0.25, 0.3) is 0 Å². The summed E-state index contributed by atoms with van der Waals surface area (Å²) in [5, 5.41) is 11.7. The van der Waals surface area contributed by atoms with Gasteiger partial charge in [-0.05, 0) is 24.5 Å². The number of aliphatic carboxylic acids is 1. The molecule has 1 aromatic carbocycles. The molecule has 2 atom stereocenters. The lowest BCUT2D eigenvalue weighted by atomic mass is 10.1. The summed E-state index contributed by atoms with van der Waals surface area (Å²) in [5.74, 6) is -1.49. The Kier molecular flexibility index (Phi) is 6.21. The maximum Gasteiger partial charge on any atom is 0.317 e. The number of hydrogen-bond acceptors (Lipinski definition) is 2. The van der Waals surface area contributed by atoms with E-state index in [1.165, 1.54) is 10.5 Å². The lowest BCUT2D eigenvalue weighted by Crippen LogP contribution is -2.41. The second-order valence-electron chi connectivity index (χ2n) is 5.39. The van der Waals surface area contributed by atoms with Crippen molar-refractivity contribution in [3.8, 4) is 0 Å². The normalized spacial score (nSPS) is 13.3. The van der Waals surface area contributed by atoms with Gasteiger partial charge < -0.3 is 15.3 Å². The first-order chi connectivity index (χ1) is 9.85. The fourth-order valence-electron chi connectivity index (χ4n) is 1.99. The molecule has 0 heterocycles. The van der Waals surface area contributed by atoms with Crippen LogP contribution in [-0.2, 0) is 11.2 Å². The number of benzene rings is 1.